The van der Waals surface area contributed by atoms with Gasteiger partial charge in [-0.1, -0.05) is 46.5 Å². The predicted molar refractivity (Wildman–Crippen MR) is 479 cm³/mol. The summed E-state index contributed by atoms with van der Waals surface area (Å²) < 4.78 is 70.0. The van der Waals surface area contributed by atoms with Crippen molar-refractivity contribution in [2.24, 2.45) is 88.4 Å². The maximum absolute atomic E-state index is 16.8. The summed E-state index contributed by atoms with van der Waals surface area (Å²) in [6.45, 7) is 6.90. The largest absolute Gasteiger partial charge is 0.494 e. The Kier molecular flexibility index (Phi) is 34.1. The first kappa shape index (κ1) is 101. The highest BCUT2D eigenvalue weighted by Gasteiger charge is 2.58. The normalized spacial score (nSPS) is 39.8. The molecule has 5 unspecified atom stereocenters. The van der Waals surface area contributed by atoms with Crippen LogP contribution in [0.4, 0.5) is 0 Å². The lowest BCUT2D eigenvalue weighted by Gasteiger charge is -2.55. The molecule has 2 aromatic rings. The van der Waals surface area contributed by atoms with E-state index in [4.69, 9.17) is 63.1 Å². The lowest BCUT2D eigenvalue weighted by Crippen LogP contribution is -2.68. The second-order valence-corrected chi connectivity index (χ2v) is 43.2. The highest BCUT2D eigenvalue weighted by molar-refractivity contribution is 7.89. The number of alkyl halides is 2. The van der Waals surface area contributed by atoms with Crippen molar-refractivity contribution in [2.75, 3.05) is 39.9 Å². The van der Waals surface area contributed by atoms with E-state index in [-0.39, 0.29) is 155 Å². The van der Waals surface area contributed by atoms with E-state index in [2.05, 4.69) is 59.5 Å². The standard InChI is InChI=1S/C92H140Cl2N12O25S/c1-6-7-8-9-10-23-126-52-14-16-53(17-15-52)132(124,125)99-22-21-98-39-56-63(109)36-55-71(82(56)115)54-30-45(11-18-62(54)108)73-88(119)106-77(92(123)104-75(55)90(121)101-72-48-26-43-25-44(28-48)29-49(72)27-43)80(113)47-13-20-65(58(94)32-47)129-67-34-50-33-66(84(67)130-68-35-51(40-107)81(114)83(116)85(68)131-70-37-59(95)78(111)42(4)127-70)128-64-19-12-46(31-57(64)93)79(112)76(105-86(117)60(97-5)24-41(2)3)91(122)100-61(38-69(96)110)87(118)102-74(50)89(120)103-73/h14-17,33-34,41-49,51,54-65,68,70-83,85,97-99,107-109,111-116H,6-13,18-32,35-40,95H2,1-5H3,(H2,96,110)(H,100,122)(H,101,121)(H,102,118)(H,103,120)(H,104,123)(H,105,117)(H,106,119)/t42-,43?,44?,45-,46-,47-,48?,49?,51+,54?,55?,56?,57+,58-,59-,60+,61-,62+,63-,64+,65+,68+,70-,71?,72?,73+,74+,75-,76+,77-,78+,79+,80+,81+,82?,83-,85-/m0/s1. The molecular weight excluding hydrogens is 1780 g/mol. The van der Waals surface area contributed by atoms with Crippen LogP contribution in [-0.4, -0.2) is 286 Å². The van der Waals surface area contributed by atoms with E-state index in [9.17, 15) is 64.0 Å². The maximum atomic E-state index is 16.8. The number of carbonyl (C=O) groups excluding carboxylic acids is 8. The van der Waals surface area contributed by atoms with E-state index in [1.165, 1.54) is 31.3 Å². The number of aliphatic hydroxyl groups excluding tert-OH is 9. The molecular formula is C92H140Cl2N12O25S. The number of rotatable bonds is 28. The summed E-state index contributed by atoms with van der Waals surface area (Å²) in [5.41, 5.74) is 12.1. The van der Waals surface area contributed by atoms with Gasteiger partial charge >= 0.3 is 0 Å². The molecule has 0 spiro atoms. The van der Waals surface area contributed by atoms with Crippen LogP contribution in [0.5, 0.6) is 23.0 Å². The fraction of sp³-hybridized carbons (Fsp3) is 0.783. The first-order valence-corrected chi connectivity index (χ1v) is 50.4. The SMILES string of the molecule is CCCCCCCOc1ccc(S(=O)(=O)NCCNCC2C(O)C3C4C[C@H](CC[C@H]4O)[C@H]4NC(=O)[C@@H]5NC(=O)[C@H](CC(N)=O)NC(=O)[C@H](NC(=O)[C@@H](CC(C)C)NC)[C@H](O)[C@H]6CC[C@@H](Oc7cc5cc(c7O[C@@H]5C[C@H](CO)[C@@H](O)[C@H](O)[C@H]5O[C@H]5C[C@H](N)[C@H](O)[C@H](C)O5)O[C@@H]5CC[C@@H](C[C@@H]5Cl)[C@@H](O)[C@H](NC4=O)C(=O)N[C@H](C(=O)NC4C5CC7CC(C5)CC4C7)C3C[C@@H]2O)[C@H](Cl)C6)cc1. The molecule has 23 N–H and O–H groups in total. The number of fused-ring (bicyclic) bond motifs is 15. The number of ether oxygens (including phenoxy) is 6. The average Bonchev–Trinajstić information content (AvgIpc) is 0.749. The number of primary amides is 1. The van der Waals surface area contributed by atoms with Crippen molar-refractivity contribution in [2.45, 2.75) is 337 Å². The third kappa shape index (κ3) is 23.3. The molecule has 40 heteroatoms. The average molecular weight is 1920 g/mol. The molecule has 15 aliphatic rings. The van der Waals surface area contributed by atoms with E-state index in [0.717, 1.165) is 64.2 Å². The van der Waals surface area contributed by atoms with Crippen LogP contribution >= 0.6 is 23.2 Å². The first-order chi connectivity index (χ1) is 63.0. The number of likely N-dealkylation sites (N-methyl/N-ethyl adjacent to an activating group) is 1. The van der Waals surface area contributed by atoms with E-state index in [1.807, 2.05) is 13.8 Å². The summed E-state index contributed by atoms with van der Waals surface area (Å²) in [7, 11) is -2.54. The summed E-state index contributed by atoms with van der Waals surface area (Å²) in [5.74, 6) is -16.6. The highest BCUT2D eigenvalue weighted by Crippen LogP contribution is 2.55. The zero-order valence-electron chi connectivity index (χ0n) is 75.8. The van der Waals surface area contributed by atoms with Crippen molar-refractivity contribution in [1.82, 2.24) is 52.6 Å². The molecule has 17 rings (SSSR count). The summed E-state index contributed by atoms with van der Waals surface area (Å²) in [6, 6.07) is -5.10. The number of unbranched alkanes of at least 4 members (excludes halogenated alkanes) is 4. The molecule has 9 aliphatic carbocycles. The molecule has 15 bridgehead atoms. The molecule has 0 aromatic heterocycles. The van der Waals surface area contributed by atoms with Crippen molar-refractivity contribution >= 4 is 80.5 Å². The molecule has 0 radical (unpaired) electrons. The molecule has 6 aliphatic heterocycles. The van der Waals surface area contributed by atoms with Crippen LogP contribution in [0.2, 0.25) is 0 Å². The van der Waals surface area contributed by atoms with Crippen molar-refractivity contribution in [3.05, 3.63) is 42.0 Å². The van der Waals surface area contributed by atoms with Crippen LogP contribution in [-0.2, 0) is 57.9 Å². The Morgan fingerprint density at radius 2 is 1.27 bits per heavy atom. The Labute approximate surface area is 780 Å². The van der Waals surface area contributed by atoms with Gasteiger partial charge in [0.25, 0.3) is 0 Å². The number of aliphatic hydroxyl groups is 9. The third-order valence-corrected chi connectivity index (χ3v) is 33.2. The maximum Gasteiger partial charge on any atom is 0.247 e. The lowest BCUT2D eigenvalue weighted by molar-refractivity contribution is -0.278. The van der Waals surface area contributed by atoms with E-state index < -0.39 is 262 Å². The van der Waals surface area contributed by atoms with Crippen LogP contribution in [0.3, 0.4) is 0 Å². The molecule has 9 saturated carbocycles. The molecule has 32 atom stereocenters. The molecule has 2 saturated heterocycles. The Bertz CT molecular complexity index is 4400. The van der Waals surface area contributed by atoms with E-state index in [0.29, 0.717) is 24.2 Å². The summed E-state index contributed by atoms with van der Waals surface area (Å²) in [4.78, 5) is 124. The van der Waals surface area contributed by atoms with Gasteiger partial charge in [-0.05, 0) is 237 Å². The lowest BCUT2D eigenvalue weighted by atomic mass is 9.54. The minimum atomic E-state index is -4.08. The van der Waals surface area contributed by atoms with Crippen LogP contribution in [0.25, 0.3) is 0 Å². The number of carbonyl (C=O) groups is 8. The smallest absolute Gasteiger partial charge is 0.247 e. The molecule has 11 fully saturated rings. The zero-order chi connectivity index (χ0) is 94.6. The number of amides is 8. The molecule has 37 nitrogen and oxygen atoms in total. The Hall–Kier alpha value is -6.67. The molecule has 738 valence electrons. The molecule has 132 heavy (non-hydrogen) atoms. The van der Waals surface area contributed by atoms with Gasteiger partial charge in [0, 0.05) is 56.6 Å². The third-order valence-electron chi connectivity index (χ3n) is 30.8. The summed E-state index contributed by atoms with van der Waals surface area (Å²) >= 11 is 15.1. The highest BCUT2D eigenvalue weighted by atomic mass is 35.5. The number of sulfonamides is 1. The van der Waals surface area contributed by atoms with Gasteiger partial charge in [0.1, 0.15) is 72.5 Å². The monoisotopic (exact) mass is 1910 g/mol. The Morgan fingerprint density at radius 3 is 1.89 bits per heavy atom. The zero-order valence-corrected chi connectivity index (χ0v) is 78.1. The van der Waals surface area contributed by atoms with E-state index in [1.54, 1.807) is 19.1 Å². The van der Waals surface area contributed by atoms with Crippen LogP contribution < -0.4 is 83.0 Å². The Balaban J connectivity index is 0.863. The Morgan fingerprint density at radius 1 is 0.636 bits per heavy atom. The number of halogens is 2. The van der Waals surface area contributed by atoms with Crippen molar-refractivity contribution in [1.29, 1.82) is 0 Å². The fourth-order valence-electron chi connectivity index (χ4n) is 23.8. The van der Waals surface area contributed by atoms with Crippen molar-refractivity contribution < 1.29 is 121 Å². The van der Waals surface area contributed by atoms with Crippen LogP contribution in [0.15, 0.2) is 41.3 Å². The molecule has 8 amide bonds. The fourth-order valence-corrected chi connectivity index (χ4v) is 25.7. The van der Waals surface area contributed by atoms with Crippen LogP contribution in [0.1, 0.15) is 193 Å². The van der Waals surface area contributed by atoms with Gasteiger partial charge in [-0.25, -0.2) is 13.1 Å². The number of hydrogen-bond donors (Lipinski definition) is 21. The number of nitrogens with two attached hydrogens (primary N) is 2. The minimum Gasteiger partial charge on any atom is -0.494 e. The second kappa shape index (κ2) is 44.4. The van der Waals surface area contributed by atoms with Gasteiger partial charge in [0.2, 0.25) is 63.0 Å². The molecule has 2 aromatic carbocycles. The van der Waals surface area contributed by atoms with Gasteiger partial charge in [-0.15, -0.1) is 23.2 Å². The number of hydrogen-bond acceptors (Lipinski definition) is 28. The van der Waals surface area contributed by atoms with Gasteiger partial charge in [-0.2, -0.15) is 0 Å². The molecule has 6 heterocycles. The second-order valence-electron chi connectivity index (χ2n) is 40.3. The topological polar surface area (TPSA) is 580 Å². The van der Waals surface area contributed by atoms with Gasteiger partial charge in [0.15, 0.2) is 17.8 Å². The predicted octanol–water partition coefficient (Wildman–Crippen LogP) is 0.149. The van der Waals surface area contributed by atoms with Gasteiger partial charge in [-0.3, -0.25) is 38.4 Å². The quantitative estimate of drug-likeness (QED) is 0.0398. The van der Waals surface area contributed by atoms with Gasteiger partial charge in [0.05, 0.1) is 83.6 Å². The summed E-state index contributed by atoms with van der Waals surface area (Å²) in [5, 5.41) is 135. The summed E-state index contributed by atoms with van der Waals surface area (Å²) in [6.07, 6.45) is -12.5. The minimum absolute atomic E-state index is 0.00918. The van der Waals surface area contributed by atoms with Crippen molar-refractivity contribution in [3.8, 4) is 23.0 Å². The number of benzene rings is 2. The number of nitrogens with one attached hydrogen (secondary N) is 10. The van der Waals surface area contributed by atoms with Gasteiger partial charge < -0.3 is 134 Å². The first-order valence-electron chi connectivity index (χ1n) is 48.1. The van der Waals surface area contributed by atoms with Crippen LogP contribution in [0, 0.1) is 76.9 Å². The van der Waals surface area contributed by atoms with E-state index >= 15 is 28.8 Å². The van der Waals surface area contributed by atoms with Crippen molar-refractivity contribution in [3.63, 3.8) is 0 Å².